The molecule has 5 nitrogen and oxygen atoms in total. The third kappa shape index (κ3) is 5.41. The molecule has 5 heteroatoms. The summed E-state index contributed by atoms with van der Waals surface area (Å²) in [7, 11) is 0. The number of aliphatic imine (C=N–C) groups is 1. The van der Waals surface area contributed by atoms with Gasteiger partial charge >= 0.3 is 0 Å². The molecule has 0 aromatic heterocycles. The predicted octanol–water partition coefficient (Wildman–Crippen LogP) is 2.62. The Morgan fingerprint density at radius 3 is 2.83 bits per heavy atom. The first-order valence-electron chi connectivity index (χ1n) is 9.25. The highest BCUT2D eigenvalue weighted by atomic mass is 16.5. The van der Waals surface area contributed by atoms with E-state index in [0.717, 1.165) is 36.9 Å². The van der Waals surface area contributed by atoms with Crippen molar-refractivity contribution in [1.82, 2.24) is 15.5 Å². The molecule has 24 heavy (non-hydrogen) atoms. The van der Waals surface area contributed by atoms with Crippen LogP contribution in [-0.2, 0) is 6.54 Å². The Morgan fingerprint density at radius 2 is 2.08 bits per heavy atom. The van der Waals surface area contributed by atoms with E-state index >= 15 is 0 Å². The molecule has 0 saturated carbocycles. The van der Waals surface area contributed by atoms with Crippen LogP contribution in [0.25, 0.3) is 0 Å². The molecular weight excluding hydrogens is 300 g/mol. The van der Waals surface area contributed by atoms with Crippen molar-refractivity contribution in [2.24, 2.45) is 4.99 Å². The number of benzene rings is 1. The maximum Gasteiger partial charge on any atom is 0.191 e. The van der Waals surface area contributed by atoms with Crippen LogP contribution in [0.15, 0.2) is 29.3 Å². The number of nitrogens with one attached hydrogen (secondary N) is 2. The fourth-order valence-electron chi connectivity index (χ4n) is 3.19. The van der Waals surface area contributed by atoms with E-state index in [4.69, 9.17) is 9.73 Å². The van der Waals surface area contributed by atoms with Crippen LogP contribution in [0.1, 0.15) is 39.2 Å². The molecule has 1 fully saturated rings. The molecule has 0 bridgehead atoms. The monoisotopic (exact) mass is 332 g/mol. The molecule has 2 rings (SSSR count). The number of rotatable bonds is 8. The molecule has 1 atom stereocenters. The maximum atomic E-state index is 5.68. The van der Waals surface area contributed by atoms with Crippen molar-refractivity contribution in [2.45, 2.75) is 46.2 Å². The van der Waals surface area contributed by atoms with E-state index in [1.807, 2.05) is 25.1 Å². The predicted molar refractivity (Wildman–Crippen MR) is 101 cm³/mol. The van der Waals surface area contributed by atoms with Gasteiger partial charge in [0.05, 0.1) is 13.2 Å². The van der Waals surface area contributed by atoms with Gasteiger partial charge < -0.3 is 15.4 Å². The molecule has 0 aliphatic carbocycles. The standard InChI is InChI=1S/C19H32N4O/c1-4-20-19(22-15-17-11-9-13-23(17)5-2)21-14-16-10-7-8-12-18(16)24-6-3/h7-8,10,12,17H,4-6,9,11,13-15H2,1-3H3,(H2,20,21,22). The van der Waals surface area contributed by atoms with Crippen LogP contribution in [-0.4, -0.2) is 49.7 Å². The largest absolute Gasteiger partial charge is 0.494 e. The number of guanidine groups is 1. The maximum absolute atomic E-state index is 5.68. The molecular formula is C19H32N4O. The Morgan fingerprint density at radius 1 is 1.25 bits per heavy atom. The zero-order valence-electron chi connectivity index (χ0n) is 15.3. The molecule has 1 aromatic rings. The second-order valence-corrected chi connectivity index (χ2v) is 6.04. The first-order chi connectivity index (χ1) is 11.8. The van der Waals surface area contributed by atoms with Gasteiger partial charge in [-0.2, -0.15) is 0 Å². The molecule has 1 aliphatic rings. The normalized spacial score (nSPS) is 18.6. The lowest BCUT2D eigenvalue weighted by atomic mass is 10.2. The van der Waals surface area contributed by atoms with Gasteiger partial charge in [0.1, 0.15) is 5.75 Å². The minimum Gasteiger partial charge on any atom is -0.494 e. The Balaban J connectivity index is 1.95. The van der Waals surface area contributed by atoms with Crippen molar-refractivity contribution < 1.29 is 4.74 Å². The Hall–Kier alpha value is -1.75. The summed E-state index contributed by atoms with van der Waals surface area (Å²) < 4.78 is 5.68. The summed E-state index contributed by atoms with van der Waals surface area (Å²) in [4.78, 5) is 7.28. The SMILES string of the molecule is CCNC(=NCc1ccccc1OCC)NCC1CCCN1CC. The lowest BCUT2D eigenvalue weighted by molar-refractivity contribution is 0.267. The van der Waals surface area contributed by atoms with Crippen molar-refractivity contribution in [3.8, 4) is 5.75 Å². The van der Waals surface area contributed by atoms with Crippen LogP contribution < -0.4 is 15.4 Å². The van der Waals surface area contributed by atoms with Crippen LogP contribution in [0.4, 0.5) is 0 Å². The van der Waals surface area contributed by atoms with E-state index in [2.05, 4.69) is 35.4 Å². The van der Waals surface area contributed by atoms with Crippen LogP contribution in [0.3, 0.4) is 0 Å². The Bertz CT molecular complexity index is 518. The molecule has 2 N–H and O–H groups in total. The molecule has 1 saturated heterocycles. The number of likely N-dealkylation sites (N-methyl/N-ethyl adjacent to an activating group) is 1. The lowest BCUT2D eigenvalue weighted by Crippen LogP contribution is -2.44. The molecule has 0 spiro atoms. The summed E-state index contributed by atoms with van der Waals surface area (Å²) in [6.07, 6.45) is 2.57. The van der Waals surface area contributed by atoms with Gasteiger partial charge in [-0.1, -0.05) is 25.1 Å². The first-order valence-corrected chi connectivity index (χ1v) is 9.25. The van der Waals surface area contributed by atoms with Gasteiger partial charge in [0.2, 0.25) is 0 Å². The Kier molecular flexibility index (Phi) is 7.89. The van der Waals surface area contributed by atoms with E-state index in [1.54, 1.807) is 0 Å². The van der Waals surface area contributed by atoms with E-state index in [-0.39, 0.29) is 0 Å². The van der Waals surface area contributed by atoms with Crippen LogP contribution in [0.5, 0.6) is 5.75 Å². The highest BCUT2D eigenvalue weighted by Crippen LogP contribution is 2.19. The highest BCUT2D eigenvalue weighted by Gasteiger charge is 2.22. The summed E-state index contributed by atoms with van der Waals surface area (Å²) in [6, 6.07) is 8.74. The third-order valence-corrected chi connectivity index (χ3v) is 4.43. The molecule has 0 radical (unpaired) electrons. The number of hydrogen-bond donors (Lipinski definition) is 2. The average Bonchev–Trinajstić information content (AvgIpc) is 3.06. The topological polar surface area (TPSA) is 48.9 Å². The van der Waals surface area contributed by atoms with Crippen LogP contribution in [0, 0.1) is 0 Å². The van der Waals surface area contributed by atoms with Crippen molar-refractivity contribution >= 4 is 5.96 Å². The van der Waals surface area contributed by atoms with Crippen LogP contribution >= 0.6 is 0 Å². The molecule has 1 aliphatic heterocycles. The summed E-state index contributed by atoms with van der Waals surface area (Å²) in [6.45, 7) is 11.8. The van der Waals surface area contributed by atoms with Gasteiger partial charge in [0.15, 0.2) is 5.96 Å². The summed E-state index contributed by atoms with van der Waals surface area (Å²) in [5.74, 6) is 1.80. The fourth-order valence-corrected chi connectivity index (χ4v) is 3.19. The molecule has 1 unspecified atom stereocenters. The number of hydrogen-bond acceptors (Lipinski definition) is 3. The summed E-state index contributed by atoms with van der Waals surface area (Å²) >= 11 is 0. The molecule has 1 aromatic carbocycles. The zero-order valence-corrected chi connectivity index (χ0v) is 15.3. The summed E-state index contributed by atoms with van der Waals surface area (Å²) in [5, 5.41) is 6.85. The van der Waals surface area contributed by atoms with Gasteiger partial charge in [-0.25, -0.2) is 4.99 Å². The zero-order chi connectivity index (χ0) is 17.2. The second-order valence-electron chi connectivity index (χ2n) is 6.04. The Labute approximate surface area is 146 Å². The average molecular weight is 332 g/mol. The van der Waals surface area contributed by atoms with E-state index in [0.29, 0.717) is 19.2 Å². The fraction of sp³-hybridized carbons (Fsp3) is 0.632. The van der Waals surface area contributed by atoms with Gasteiger partial charge in [0.25, 0.3) is 0 Å². The second kappa shape index (κ2) is 10.2. The van der Waals surface area contributed by atoms with Crippen molar-refractivity contribution in [1.29, 1.82) is 0 Å². The minimum atomic E-state index is 0.619. The number of para-hydroxylation sites is 1. The highest BCUT2D eigenvalue weighted by molar-refractivity contribution is 5.79. The van der Waals surface area contributed by atoms with E-state index in [1.165, 1.54) is 19.4 Å². The third-order valence-electron chi connectivity index (χ3n) is 4.43. The first kappa shape index (κ1) is 18.6. The van der Waals surface area contributed by atoms with Crippen molar-refractivity contribution in [3.05, 3.63) is 29.8 Å². The van der Waals surface area contributed by atoms with Gasteiger partial charge in [-0.05, 0) is 45.8 Å². The minimum absolute atomic E-state index is 0.619. The van der Waals surface area contributed by atoms with Gasteiger partial charge in [-0.15, -0.1) is 0 Å². The smallest absolute Gasteiger partial charge is 0.191 e. The number of ether oxygens (including phenoxy) is 1. The van der Waals surface area contributed by atoms with E-state index in [9.17, 15) is 0 Å². The molecule has 134 valence electrons. The lowest BCUT2D eigenvalue weighted by Gasteiger charge is -2.24. The van der Waals surface area contributed by atoms with Gasteiger partial charge in [0, 0.05) is 24.7 Å². The van der Waals surface area contributed by atoms with Crippen molar-refractivity contribution in [3.63, 3.8) is 0 Å². The van der Waals surface area contributed by atoms with E-state index < -0.39 is 0 Å². The quantitative estimate of drug-likeness (QED) is 0.567. The number of likely N-dealkylation sites (tertiary alicyclic amines) is 1. The van der Waals surface area contributed by atoms with Gasteiger partial charge in [-0.3, -0.25) is 4.90 Å². The van der Waals surface area contributed by atoms with Crippen molar-refractivity contribution in [2.75, 3.05) is 32.8 Å². The van der Waals surface area contributed by atoms with Crippen LogP contribution in [0.2, 0.25) is 0 Å². The molecule has 0 amide bonds. The molecule has 1 heterocycles. The summed E-state index contributed by atoms with van der Waals surface area (Å²) in [5.41, 5.74) is 1.12. The number of nitrogens with zero attached hydrogens (tertiary/aromatic N) is 2.